The van der Waals surface area contributed by atoms with Gasteiger partial charge in [0.1, 0.15) is 29.5 Å². The molecule has 0 unspecified atom stereocenters. The lowest BCUT2D eigenvalue weighted by atomic mass is 10.2. The highest BCUT2D eigenvalue weighted by Crippen LogP contribution is 2.26. The zero-order chi connectivity index (χ0) is 20.2. The second-order valence-corrected chi connectivity index (χ2v) is 7.46. The van der Waals surface area contributed by atoms with Crippen LogP contribution in [-0.2, 0) is 6.54 Å². The molecule has 4 rings (SSSR count). The third kappa shape index (κ3) is 4.55. The van der Waals surface area contributed by atoms with Crippen LogP contribution in [0, 0.1) is 0 Å². The van der Waals surface area contributed by atoms with Crippen LogP contribution in [0.5, 0.6) is 0 Å². The Labute approximate surface area is 170 Å². The van der Waals surface area contributed by atoms with Crippen molar-refractivity contribution in [1.82, 2.24) is 20.3 Å². The fraction of sp³-hybridized carbons (Fsp3) is 0.381. The summed E-state index contributed by atoms with van der Waals surface area (Å²) in [6, 6.07) is 9.92. The molecule has 0 aromatic carbocycles. The predicted molar refractivity (Wildman–Crippen MR) is 112 cm³/mol. The molecular weight excluding hydrogens is 368 g/mol. The van der Waals surface area contributed by atoms with Crippen molar-refractivity contribution in [2.24, 2.45) is 0 Å². The lowest BCUT2D eigenvalue weighted by molar-refractivity contribution is 0.194. The van der Waals surface area contributed by atoms with Crippen molar-refractivity contribution in [2.45, 2.75) is 25.1 Å². The summed E-state index contributed by atoms with van der Waals surface area (Å²) in [7, 11) is 3.90. The van der Waals surface area contributed by atoms with Crippen LogP contribution < -0.4 is 15.1 Å². The molecule has 1 saturated heterocycles. The number of nitrogens with zero attached hydrogens (tertiary/aromatic N) is 5. The highest BCUT2D eigenvalue weighted by atomic mass is 16.3. The Bertz CT molecular complexity index is 930. The van der Waals surface area contributed by atoms with Crippen LogP contribution in [0.15, 0.2) is 53.5 Å². The topological polar surface area (TPSA) is 90.6 Å². The fourth-order valence-electron chi connectivity index (χ4n) is 3.60. The quantitative estimate of drug-likeness (QED) is 0.628. The van der Waals surface area contributed by atoms with Gasteiger partial charge in [0.25, 0.3) is 0 Å². The van der Waals surface area contributed by atoms with E-state index in [9.17, 15) is 5.11 Å². The summed E-state index contributed by atoms with van der Waals surface area (Å²) < 4.78 is 5.92. The van der Waals surface area contributed by atoms with Crippen LogP contribution in [0.3, 0.4) is 0 Å². The normalized spacial score (nSPS) is 18.9. The van der Waals surface area contributed by atoms with Crippen LogP contribution in [0.25, 0.3) is 11.3 Å². The zero-order valence-electron chi connectivity index (χ0n) is 16.7. The maximum Gasteiger partial charge on any atom is 0.135 e. The van der Waals surface area contributed by atoms with Crippen molar-refractivity contribution in [3.8, 4) is 11.3 Å². The lowest BCUT2D eigenvalue weighted by Crippen LogP contribution is -2.38. The van der Waals surface area contributed by atoms with Gasteiger partial charge in [-0.25, -0.2) is 9.97 Å². The van der Waals surface area contributed by atoms with Crippen molar-refractivity contribution in [3.63, 3.8) is 0 Å². The molecular formula is C21H26N6O2. The van der Waals surface area contributed by atoms with Gasteiger partial charge in [0.2, 0.25) is 0 Å². The Morgan fingerprint density at radius 2 is 2.17 bits per heavy atom. The van der Waals surface area contributed by atoms with Crippen LogP contribution in [0.1, 0.15) is 12.2 Å². The van der Waals surface area contributed by atoms with E-state index in [4.69, 9.17) is 4.42 Å². The van der Waals surface area contributed by atoms with Crippen molar-refractivity contribution >= 4 is 11.6 Å². The maximum absolute atomic E-state index is 10.2. The largest absolute Gasteiger partial charge is 0.460 e. The van der Waals surface area contributed by atoms with E-state index in [-0.39, 0.29) is 12.1 Å². The molecule has 0 spiro atoms. The van der Waals surface area contributed by atoms with Crippen LogP contribution >= 0.6 is 0 Å². The third-order valence-corrected chi connectivity index (χ3v) is 5.07. The Kier molecular flexibility index (Phi) is 5.73. The molecule has 2 atom stereocenters. The summed E-state index contributed by atoms with van der Waals surface area (Å²) in [5.41, 5.74) is 0.962. The summed E-state index contributed by atoms with van der Waals surface area (Å²) in [5, 5.41) is 13.7. The smallest absolute Gasteiger partial charge is 0.135 e. The van der Waals surface area contributed by atoms with Crippen LogP contribution in [0.4, 0.5) is 11.6 Å². The average Bonchev–Trinajstić information content (AvgIpc) is 3.35. The van der Waals surface area contributed by atoms with E-state index in [2.05, 4.69) is 25.2 Å². The van der Waals surface area contributed by atoms with E-state index in [1.165, 1.54) is 0 Å². The molecule has 3 aromatic heterocycles. The van der Waals surface area contributed by atoms with Gasteiger partial charge in [0.05, 0.1) is 12.6 Å². The summed E-state index contributed by atoms with van der Waals surface area (Å²) in [4.78, 5) is 16.9. The number of rotatable bonds is 7. The molecule has 8 nitrogen and oxygen atoms in total. The van der Waals surface area contributed by atoms with E-state index in [0.29, 0.717) is 19.5 Å². The summed E-state index contributed by atoms with van der Waals surface area (Å²) >= 11 is 0. The Morgan fingerprint density at radius 3 is 2.97 bits per heavy atom. The van der Waals surface area contributed by atoms with E-state index in [1.54, 1.807) is 18.7 Å². The van der Waals surface area contributed by atoms with E-state index >= 15 is 0 Å². The number of nitrogens with one attached hydrogen (secondary N) is 1. The van der Waals surface area contributed by atoms with Crippen LogP contribution in [-0.4, -0.2) is 59.4 Å². The molecule has 152 valence electrons. The predicted octanol–water partition coefficient (Wildman–Crippen LogP) is 1.93. The first kappa shape index (κ1) is 19.4. The van der Waals surface area contributed by atoms with E-state index < -0.39 is 0 Å². The minimum atomic E-state index is -0.361. The molecule has 2 N–H and O–H groups in total. The maximum atomic E-state index is 10.2. The van der Waals surface area contributed by atoms with Crippen LogP contribution in [0.2, 0.25) is 0 Å². The molecule has 1 fully saturated rings. The monoisotopic (exact) mass is 394 g/mol. The molecule has 0 amide bonds. The van der Waals surface area contributed by atoms with Gasteiger partial charge in [-0.1, -0.05) is 0 Å². The molecule has 4 heterocycles. The molecule has 1 aliphatic heterocycles. The number of aliphatic hydroxyl groups excluding tert-OH is 1. The standard InChI is InChI=1S/C21H26N6O2/c1-26(2)20-9-21(25-14-24-20)27-13-17(28)8-16(27)11-23-12-18-5-6-19(29-18)15-4-3-7-22-10-15/h3-7,9-10,14,16-17,23,28H,8,11-13H2,1-2H3/t16-,17-/m1/s1. The molecule has 1 aliphatic rings. The Morgan fingerprint density at radius 1 is 1.28 bits per heavy atom. The second kappa shape index (κ2) is 8.59. The summed E-state index contributed by atoms with van der Waals surface area (Å²) in [6.07, 6.45) is 5.45. The number of hydrogen-bond donors (Lipinski definition) is 2. The molecule has 8 heteroatoms. The third-order valence-electron chi connectivity index (χ3n) is 5.07. The lowest BCUT2D eigenvalue weighted by Gasteiger charge is -2.26. The number of pyridine rings is 1. The molecule has 0 bridgehead atoms. The van der Waals surface area contributed by atoms with Crippen molar-refractivity contribution in [1.29, 1.82) is 0 Å². The minimum Gasteiger partial charge on any atom is -0.460 e. The Balaban J connectivity index is 1.37. The molecule has 3 aromatic rings. The first-order valence-corrected chi connectivity index (χ1v) is 9.74. The first-order valence-electron chi connectivity index (χ1n) is 9.74. The second-order valence-electron chi connectivity index (χ2n) is 7.46. The number of β-amino-alcohol motifs (C(OH)–C–C–N with tert-alkyl or cyclic N) is 1. The average molecular weight is 394 g/mol. The summed E-state index contributed by atoms with van der Waals surface area (Å²) in [5.74, 6) is 3.36. The van der Waals surface area contributed by atoms with Gasteiger partial charge in [0.15, 0.2) is 0 Å². The van der Waals surface area contributed by atoms with Gasteiger partial charge in [-0.2, -0.15) is 0 Å². The minimum absolute atomic E-state index is 0.155. The van der Waals surface area contributed by atoms with Gasteiger partial charge in [-0.05, 0) is 30.7 Å². The van der Waals surface area contributed by atoms with E-state index in [1.807, 2.05) is 49.3 Å². The van der Waals surface area contributed by atoms with Crippen molar-refractivity contribution < 1.29 is 9.52 Å². The number of anilines is 2. The SMILES string of the molecule is CN(C)c1cc(N2C[C@H](O)C[C@@H]2CNCc2ccc(-c3cccnc3)o2)ncn1. The first-order chi connectivity index (χ1) is 14.1. The fourth-order valence-corrected chi connectivity index (χ4v) is 3.60. The summed E-state index contributed by atoms with van der Waals surface area (Å²) in [6.45, 7) is 1.91. The number of hydrogen-bond acceptors (Lipinski definition) is 8. The number of aromatic nitrogens is 3. The molecule has 0 saturated carbocycles. The van der Waals surface area contributed by atoms with Gasteiger partial charge in [-0.3, -0.25) is 4.98 Å². The number of furan rings is 1. The van der Waals surface area contributed by atoms with Crippen molar-refractivity contribution in [2.75, 3.05) is 37.0 Å². The van der Waals surface area contributed by atoms with Gasteiger partial charge in [-0.15, -0.1) is 0 Å². The highest BCUT2D eigenvalue weighted by Gasteiger charge is 2.31. The Hall–Kier alpha value is -2.97. The van der Waals surface area contributed by atoms with E-state index in [0.717, 1.165) is 35.3 Å². The molecule has 29 heavy (non-hydrogen) atoms. The van der Waals surface area contributed by atoms with Gasteiger partial charge < -0.3 is 24.6 Å². The number of aliphatic hydroxyl groups is 1. The molecule has 0 aliphatic carbocycles. The molecule has 0 radical (unpaired) electrons. The van der Waals surface area contributed by atoms with Crippen molar-refractivity contribution in [3.05, 3.63) is 54.8 Å². The highest BCUT2D eigenvalue weighted by molar-refractivity contribution is 5.55. The van der Waals surface area contributed by atoms with Gasteiger partial charge in [0, 0.05) is 57.3 Å². The van der Waals surface area contributed by atoms with Gasteiger partial charge >= 0.3 is 0 Å². The zero-order valence-corrected chi connectivity index (χ0v) is 16.7.